The van der Waals surface area contributed by atoms with Crippen LogP contribution in [0.4, 0.5) is 5.69 Å². The summed E-state index contributed by atoms with van der Waals surface area (Å²) in [5.74, 6) is 0.312. The van der Waals surface area contributed by atoms with Gasteiger partial charge in [-0.15, -0.1) is 0 Å². The van der Waals surface area contributed by atoms with Gasteiger partial charge in [0.25, 0.3) is 0 Å². The van der Waals surface area contributed by atoms with E-state index in [1.807, 2.05) is 0 Å². The fraction of sp³-hybridized carbons (Fsp3) is 0.462. The van der Waals surface area contributed by atoms with Gasteiger partial charge < -0.3 is 29.4 Å². The maximum absolute atomic E-state index is 11.1. The summed E-state index contributed by atoms with van der Waals surface area (Å²) in [4.78, 5) is 11.1. The molecule has 20 heavy (non-hydrogen) atoms. The second-order valence-electron chi connectivity index (χ2n) is 3.90. The molecule has 7 nitrogen and oxygen atoms in total. The van der Waals surface area contributed by atoms with Crippen LogP contribution in [0.5, 0.6) is 17.2 Å². The summed E-state index contributed by atoms with van der Waals surface area (Å²) in [6.45, 7) is 0.0337. The molecular weight excluding hydrogens is 266 g/mol. The van der Waals surface area contributed by atoms with E-state index in [9.17, 15) is 4.79 Å². The first-order valence-corrected chi connectivity index (χ1v) is 5.85. The van der Waals surface area contributed by atoms with Crippen molar-refractivity contribution in [3.63, 3.8) is 0 Å². The molecule has 0 aliphatic heterocycles. The number of hydrogen-bond acceptors (Lipinski definition) is 6. The van der Waals surface area contributed by atoms with E-state index in [2.05, 4.69) is 5.32 Å². The van der Waals surface area contributed by atoms with Crippen molar-refractivity contribution < 1.29 is 28.8 Å². The zero-order chi connectivity index (χ0) is 15.1. The molecule has 0 amide bonds. The van der Waals surface area contributed by atoms with E-state index < -0.39 is 12.0 Å². The molecule has 1 aromatic carbocycles. The number of aliphatic carboxylic acids is 1. The van der Waals surface area contributed by atoms with Gasteiger partial charge in [0, 0.05) is 24.9 Å². The molecule has 0 fully saturated rings. The van der Waals surface area contributed by atoms with Crippen LogP contribution >= 0.6 is 0 Å². The molecule has 0 aliphatic rings. The minimum atomic E-state index is -1.01. The number of hydrogen-bond donors (Lipinski definition) is 2. The summed E-state index contributed by atoms with van der Waals surface area (Å²) in [7, 11) is 5.92. The van der Waals surface area contributed by atoms with Crippen LogP contribution < -0.4 is 19.5 Å². The zero-order valence-corrected chi connectivity index (χ0v) is 11.9. The van der Waals surface area contributed by atoms with Crippen LogP contribution in [0.1, 0.15) is 0 Å². The molecular formula is C13H19NO6. The molecule has 0 heterocycles. The van der Waals surface area contributed by atoms with E-state index in [0.29, 0.717) is 22.9 Å². The topological polar surface area (TPSA) is 86.3 Å². The van der Waals surface area contributed by atoms with Crippen molar-refractivity contribution in [2.24, 2.45) is 0 Å². The standard InChI is InChI=1S/C13H19NO6/c1-17-7-9(13(15)16)14-8-5-10(18-2)12(20-4)11(6-8)19-3/h5-6,9,14H,7H2,1-4H3,(H,15,16). The van der Waals surface area contributed by atoms with E-state index in [-0.39, 0.29) is 6.61 Å². The number of benzene rings is 1. The van der Waals surface area contributed by atoms with Crippen molar-refractivity contribution in [2.75, 3.05) is 40.4 Å². The normalized spacial score (nSPS) is 11.6. The molecule has 0 bridgehead atoms. The van der Waals surface area contributed by atoms with Gasteiger partial charge in [-0.1, -0.05) is 0 Å². The molecule has 2 N–H and O–H groups in total. The third-order valence-corrected chi connectivity index (χ3v) is 2.64. The maximum atomic E-state index is 11.1. The van der Waals surface area contributed by atoms with Gasteiger partial charge in [-0.2, -0.15) is 0 Å². The third-order valence-electron chi connectivity index (χ3n) is 2.64. The Morgan fingerprint density at radius 2 is 1.70 bits per heavy atom. The molecule has 0 saturated heterocycles. The molecule has 0 aromatic heterocycles. The molecule has 1 aromatic rings. The van der Waals surface area contributed by atoms with Gasteiger partial charge in [0.2, 0.25) is 5.75 Å². The van der Waals surface area contributed by atoms with Gasteiger partial charge >= 0.3 is 5.97 Å². The van der Waals surface area contributed by atoms with E-state index in [1.54, 1.807) is 12.1 Å². The van der Waals surface area contributed by atoms with Crippen molar-refractivity contribution in [1.82, 2.24) is 0 Å². The molecule has 0 saturated carbocycles. The van der Waals surface area contributed by atoms with Gasteiger partial charge in [0.1, 0.15) is 6.04 Å². The van der Waals surface area contributed by atoms with Crippen LogP contribution in [0.3, 0.4) is 0 Å². The van der Waals surface area contributed by atoms with Crippen LogP contribution in [0.15, 0.2) is 12.1 Å². The lowest BCUT2D eigenvalue weighted by Crippen LogP contribution is -2.33. The van der Waals surface area contributed by atoms with Gasteiger partial charge in [0.15, 0.2) is 11.5 Å². The number of anilines is 1. The average Bonchev–Trinajstić information content (AvgIpc) is 2.45. The Morgan fingerprint density at radius 3 is 2.05 bits per heavy atom. The number of rotatable bonds is 8. The highest BCUT2D eigenvalue weighted by Gasteiger charge is 2.19. The Morgan fingerprint density at radius 1 is 1.15 bits per heavy atom. The number of ether oxygens (including phenoxy) is 4. The van der Waals surface area contributed by atoms with E-state index in [4.69, 9.17) is 24.1 Å². The fourth-order valence-electron chi connectivity index (χ4n) is 1.71. The molecule has 1 rings (SSSR count). The van der Waals surface area contributed by atoms with Crippen LogP contribution in [0, 0.1) is 0 Å². The molecule has 0 radical (unpaired) electrons. The molecule has 0 aliphatic carbocycles. The lowest BCUT2D eigenvalue weighted by Gasteiger charge is -2.18. The maximum Gasteiger partial charge on any atom is 0.328 e. The van der Waals surface area contributed by atoms with Gasteiger partial charge in [-0.05, 0) is 0 Å². The zero-order valence-electron chi connectivity index (χ0n) is 11.9. The first-order valence-electron chi connectivity index (χ1n) is 5.85. The fourth-order valence-corrected chi connectivity index (χ4v) is 1.71. The van der Waals surface area contributed by atoms with E-state index in [0.717, 1.165) is 0 Å². The SMILES string of the molecule is COCC(Nc1cc(OC)c(OC)c(OC)c1)C(=O)O. The molecule has 0 spiro atoms. The highest BCUT2D eigenvalue weighted by Crippen LogP contribution is 2.40. The second kappa shape index (κ2) is 7.44. The summed E-state index contributed by atoms with van der Waals surface area (Å²) in [5, 5.41) is 11.9. The van der Waals surface area contributed by atoms with Crippen LogP contribution in [0.25, 0.3) is 0 Å². The number of carbonyl (C=O) groups is 1. The summed E-state index contributed by atoms with van der Waals surface area (Å²) in [5.41, 5.74) is 0.531. The van der Waals surface area contributed by atoms with Gasteiger partial charge in [0.05, 0.1) is 27.9 Å². The van der Waals surface area contributed by atoms with Crippen molar-refractivity contribution in [2.45, 2.75) is 6.04 Å². The van der Waals surface area contributed by atoms with Crippen molar-refractivity contribution in [3.8, 4) is 17.2 Å². The van der Waals surface area contributed by atoms with Crippen LogP contribution in [-0.4, -0.2) is 52.2 Å². The van der Waals surface area contributed by atoms with Crippen molar-refractivity contribution in [1.29, 1.82) is 0 Å². The van der Waals surface area contributed by atoms with Gasteiger partial charge in [-0.25, -0.2) is 4.79 Å². The molecule has 1 atom stereocenters. The van der Waals surface area contributed by atoms with Crippen molar-refractivity contribution >= 4 is 11.7 Å². The first kappa shape index (κ1) is 15.9. The van der Waals surface area contributed by atoms with E-state index in [1.165, 1.54) is 28.4 Å². The summed E-state index contributed by atoms with van der Waals surface area (Å²) >= 11 is 0. The van der Waals surface area contributed by atoms with Crippen LogP contribution in [-0.2, 0) is 9.53 Å². The Balaban J connectivity index is 3.09. The number of carboxylic acid groups (broad SMARTS) is 1. The number of nitrogens with one attached hydrogen (secondary N) is 1. The smallest absolute Gasteiger partial charge is 0.328 e. The Labute approximate surface area is 117 Å². The first-order chi connectivity index (χ1) is 9.57. The lowest BCUT2D eigenvalue weighted by atomic mass is 10.2. The summed E-state index contributed by atoms with van der Waals surface area (Å²) in [6, 6.07) is 2.39. The molecule has 112 valence electrons. The Kier molecular flexibility index (Phi) is 5.92. The van der Waals surface area contributed by atoms with E-state index >= 15 is 0 Å². The average molecular weight is 285 g/mol. The largest absolute Gasteiger partial charge is 0.493 e. The predicted octanol–water partition coefficient (Wildman–Crippen LogP) is 1.22. The summed E-state index contributed by atoms with van der Waals surface area (Å²) < 4.78 is 20.5. The second-order valence-corrected chi connectivity index (χ2v) is 3.90. The summed E-state index contributed by atoms with van der Waals surface area (Å²) in [6.07, 6.45) is 0. The van der Waals surface area contributed by atoms with Crippen molar-refractivity contribution in [3.05, 3.63) is 12.1 Å². The minimum absolute atomic E-state index is 0.0337. The van der Waals surface area contributed by atoms with Gasteiger partial charge in [-0.3, -0.25) is 0 Å². The quantitative estimate of drug-likeness (QED) is 0.742. The Bertz CT molecular complexity index is 437. The molecule has 7 heteroatoms. The Hall–Kier alpha value is -2.15. The predicted molar refractivity (Wildman–Crippen MR) is 73.0 cm³/mol. The highest BCUT2D eigenvalue weighted by atomic mass is 16.5. The highest BCUT2D eigenvalue weighted by molar-refractivity contribution is 5.78. The monoisotopic (exact) mass is 285 g/mol. The number of carboxylic acids is 1. The van der Waals surface area contributed by atoms with Crippen LogP contribution in [0.2, 0.25) is 0 Å². The third kappa shape index (κ3) is 3.67. The lowest BCUT2D eigenvalue weighted by molar-refractivity contribution is -0.139. The minimum Gasteiger partial charge on any atom is -0.493 e. The molecule has 1 unspecified atom stereocenters. The number of methoxy groups -OCH3 is 4.